The third-order valence-corrected chi connectivity index (χ3v) is 3.81. The summed E-state index contributed by atoms with van der Waals surface area (Å²) in [5.41, 5.74) is 3.02. The number of hydrogen-bond donors (Lipinski definition) is 1. The summed E-state index contributed by atoms with van der Waals surface area (Å²) in [5.74, 6) is 0.791. The van der Waals surface area contributed by atoms with Gasteiger partial charge in [-0.3, -0.25) is 0 Å². The van der Waals surface area contributed by atoms with Gasteiger partial charge in [0.15, 0.2) is 0 Å². The van der Waals surface area contributed by atoms with Gasteiger partial charge in [0.25, 0.3) is 0 Å². The fourth-order valence-electron chi connectivity index (χ4n) is 2.68. The van der Waals surface area contributed by atoms with Gasteiger partial charge in [-0.15, -0.1) is 0 Å². The van der Waals surface area contributed by atoms with Gasteiger partial charge in [-0.25, -0.2) is 0 Å². The number of methoxy groups -OCH3 is 1. The summed E-state index contributed by atoms with van der Waals surface area (Å²) in [6, 6.07) is 4.16. The van der Waals surface area contributed by atoms with Gasteiger partial charge < -0.3 is 9.84 Å². The molecule has 0 heterocycles. The average molecular weight is 220 g/mol. The van der Waals surface area contributed by atoms with E-state index in [0.29, 0.717) is 11.7 Å². The third-order valence-electron chi connectivity index (χ3n) is 3.81. The van der Waals surface area contributed by atoms with Gasteiger partial charge in [0, 0.05) is 19.1 Å². The smallest absolute Gasteiger partial charge is 0.125 e. The highest BCUT2D eigenvalue weighted by atomic mass is 16.5. The van der Waals surface area contributed by atoms with Crippen LogP contribution in [-0.4, -0.2) is 12.2 Å². The van der Waals surface area contributed by atoms with Crippen molar-refractivity contribution in [2.24, 2.45) is 0 Å². The van der Waals surface area contributed by atoms with Crippen molar-refractivity contribution < 1.29 is 9.84 Å². The van der Waals surface area contributed by atoms with Crippen LogP contribution in [0.2, 0.25) is 0 Å². The van der Waals surface area contributed by atoms with E-state index in [-0.39, 0.29) is 5.60 Å². The van der Waals surface area contributed by atoms with E-state index in [2.05, 4.69) is 26.8 Å². The number of rotatable bonds is 3. The lowest BCUT2D eigenvalue weighted by molar-refractivity contribution is -0.0404. The Labute approximate surface area is 97.3 Å². The second kappa shape index (κ2) is 3.77. The maximum atomic E-state index is 10.3. The predicted octanol–water partition coefficient (Wildman–Crippen LogP) is 3.32. The summed E-state index contributed by atoms with van der Waals surface area (Å²) < 4.78 is 5.60. The van der Waals surface area contributed by atoms with Crippen LogP contribution in [0.5, 0.6) is 5.75 Å². The molecular formula is C14H20O2. The lowest BCUT2D eigenvalue weighted by Gasteiger charge is -2.43. The van der Waals surface area contributed by atoms with E-state index in [0.717, 1.165) is 24.0 Å². The first-order valence-electron chi connectivity index (χ1n) is 5.96. The molecule has 0 radical (unpaired) electrons. The Morgan fingerprint density at radius 3 is 2.62 bits per heavy atom. The zero-order valence-electron chi connectivity index (χ0n) is 10.5. The maximum absolute atomic E-state index is 10.3. The van der Waals surface area contributed by atoms with Crippen molar-refractivity contribution in [1.82, 2.24) is 0 Å². The Morgan fingerprint density at radius 2 is 2.12 bits per heavy atom. The van der Waals surface area contributed by atoms with Crippen LogP contribution >= 0.6 is 0 Å². The highest BCUT2D eigenvalue weighted by Gasteiger charge is 2.44. The fourth-order valence-corrected chi connectivity index (χ4v) is 2.68. The molecule has 1 aliphatic rings. The highest BCUT2D eigenvalue weighted by Crippen LogP contribution is 2.50. The Hall–Kier alpha value is -1.02. The average Bonchev–Trinajstić information content (AvgIpc) is 2.20. The minimum atomic E-state index is -0.246. The molecule has 0 fully saturated rings. The van der Waals surface area contributed by atoms with Crippen LogP contribution in [0.4, 0.5) is 0 Å². The normalized spacial score (nSPS) is 23.1. The van der Waals surface area contributed by atoms with Gasteiger partial charge in [-0.05, 0) is 23.5 Å². The van der Waals surface area contributed by atoms with E-state index in [9.17, 15) is 5.11 Å². The van der Waals surface area contributed by atoms with E-state index >= 15 is 0 Å². The van der Waals surface area contributed by atoms with Crippen molar-refractivity contribution in [3.8, 4) is 5.75 Å². The van der Waals surface area contributed by atoms with Crippen molar-refractivity contribution in [3.63, 3.8) is 0 Å². The molecule has 1 aromatic carbocycles. The first kappa shape index (κ1) is 11.5. The topological polar surface area (TPSA) is 29.5 Å². The molecule has 1 unspecified atom stereocenters. The Morgan fingerprint density at radius 1 is 1.44 bits per heavy atom. The van der Waals surface area contributed by atoms with Crippen LogP contribution in [0.3, 0.4) is 0 Å². The fraction of sp³-hybridized carbons (Fsp3) is 0.571. The van der Waals surface area contributed by atoms with Crippen molar-refractivity contribution in [1.29, 1.82) is 0 Å². The molecule has 16 heavy (non-hydrogen) atoms. The first-order chi connectivity index (χ1) is 7.55. The minimum Gasteiger partial charge on any atom is -0.507 e. The molecule has 2 heteroatoms. The molecule has 0 saturated carbocycles. The standard InChI is InChI=1S/C14H20O2/c1-5-14(16-4)8-10-6-7-11(9(2)3)13(15)12(10)14/h6-7,9,15H,5,8H2,1-4H3. The van der Waals surface area contributed by atoms with Crippen LogP contribution in [0.25, 0.3) is 0 Å². The molecule has 2 rings (SSSR count). The summed E-state index contributed by atoms with van der Waals surface area (Å²) in [4.78, 5) is 0. The molecule has 1 atom stereocenters. The number of aromatic hydroxyl groups is 1. The van der Waals surface area contributed by atoms with Crippen molar-refractivity contribution >= 4 is 0 Å². The Balaban J connectivity index is 2.53. The van der Waals surface area contributed by atoms with Gasteiger partial charge in [-0.1, -0.05) is 32.9 Å². The maximum Gasteiger partial charge on any atom is 0.125 e. The van der Waals surface area contributed by atoms with E-state index in [4.69, 9.17) is 4.74 Å². The molecule has 0 aliphatic heterocycles. The summed E-state index contributed by atoms with van der Waals surface area (Å²) in [6.45, 7) is 6.30. The second-order valence-corrected chi connectivity index (χ2v) is 4.92. The largest absolute Gasteiger partial charge is 0.507 e. The number of phenols is 1. The summed E-state index contributed by atoms with van der Waals surface area (Å²) >= 11 is 0. The van der Waals surface area contributed by atoms with Gasteiger partial charge >= 0.3 is 0 Å². The van der Waals surface area contributed by atoms with E-state index < -0.39 is 0 Å². The zero-order valence-corrected chi connectivity index (χ0v) is 10.5. The van der Waals surface area contributed by atoms with Gasteiger partial charge in [0.2, 0.25) is 0 Å². The quantitative estimate of drug-likeness (QED) is 0.846. The van der Waals surface area contributed by atoms with E-state index in [1.807, 2.05) is 6.07 Å². The first-order valence-corrected chi connectivity index (χ1v) is 5.96. The third kappa shape index (κ3) is 1.36. The monoisotopic (exact) mass is 220 g/mol. The number of fused-ring (bicyclic) bond motifs is 1. The molecule has 88 valence electrons. The SMILES string of the molecule is CCC1(OC)Cc2ccc(C(C)C)c(O)c21. The van der Waals surface area contributed by atoms with Crippen molar-refractivity contribution in [2.45, 2.75) is 45.1 Å². The van der Waals surface area contributed by atoms with Gasteiger partial charge in [0.1, 0.15) is 11.4 Å². The number of ether oxygens (including phenoxy) is 1. The number of phenolic OH excluding ortho intramolecular Hbond substituents is 1. The van der Waals surface area contributed by atoms with Crippen LogP contribution in [0, 0.1) is 0 Å². The zero-order chi connectivity index (χ0) is 11.9. The Bertz CT molecular complexity index is 403. The van der Waals surface area contributed by atoms with Crippen LogP contribution in [0.15, 0.2) is 12.1 Å². The molecule has 0 spiro atoms. The van der Waals surface area contributed by atoms with E-state index in [1.54, 1.807) is 7.11 Å². The second-order valence-electron chi connectivity index (χ2n) is 4.92. The Kier molecular flexibility index (Phi) is 2.70. The molecule has 0 aromatic heterocycles. The molecule has 1 N–H and O–H groups in total. The van der Waals surface area contributed by atoms with E-state index in [1.165, 1.54) is 5.56 Å². The molecule has 2 nitrogen and oxygen atoms in total. The molecule has 1 aliphatic carbocycles. The molecule has 1 aromatic rings. The minimum absolute atomic E-state index is 0.246. The summed E-state index contributed by atoms with van der Waals surface area (Å²) in [7, 11) is 1.73. The molecule has 0 amide bonds. The predicted molar refractivity (Wildman–Crippen MR) is 64.9 cm³/mol. The lowest BCUT2D eigenvalue weighted by atomic mass is 9.70. The van der Waals surface area contributed by atoms with Crippen LogP contribution in [-0.2, 0) is 16.8 Å². The molecule has 0 bridgehead atoms. The van der Waals surface area contributed by atoms with Crippen molar-refractivity contribution in [3.05, 3.63) is 28.8 Å². The lowest BCUT2D eigenvalue weighted by Crippen LogP contribution is -2.40. The molecular weight excluding hydrogens is 200 g/mol. The number of hydrogen-bond acceptors (Lipinski definition) is 2. The highest BCUT2D eigenvalue weighted by molar-refractivity contribution is 5.56. The molecule has 0 saturated heterocycles. The van der Waals surface area contributed by atoms with Gasteiger partial charge in [0.05, 0.1) is 0 Å². The van der Waals surface area contributed by atoms with Crippen LogP contribution in [0.1, 0.15) is 49.8 Å². The number of benzene rings is 1. The van der Waals surface area contributed by atoms with Crippen LogP contribution < -0.4 is 0 Å². The summed E-state index contributed by atoms with van der Waals surface area (Å²) in [6.07, 6.45) is 1.83. The summed E-state index contributed by atoms with van der Waals surface area (Å²) in [5, 5.41) is 10.3. The van der Waals surface area contributed by atoms with Gasteiger partial charge in [-0.2, -0.15) is 0 Å². The van der Waals surface area contributed by atoms with Crippen molar-refractivity contribution in [2.75, 3.05) is 7.11 Å².